The van der Waals surface area contributed by atoms with Crippen LogP contribution in [-0.2, 0) is 32.3 Å². The number of benzene rings is 1. The topological polar surface area (TPSA) is 69.7 Å². The van der Waals surface area contributed by atoms with Crippen molar-refractivity contribution in [2.24, 2.45) is 0 Å². The molecule has 0 bridgehead atoms. The third-order valence-electron chi connectivity index (χ3n) is 2.30. The molecule has 0 atom stereocenters. The number of halogens is 1. The molecule has 0 saturated heterocycles. The third kappa shape index (κ3) is 5.09. The van der Waals surface area contributed by atoms with Gasteiger partial charge in [-0.15, -0.1) is 0 Å². The molecule has 19 heavy (non-hydrogen) atoms. The Kier molecular flexibility index (Phi) is 5.51. The van der Waals surface area contributed by atoms with Gasteiger partial charge in [-0.3, -0.25) is 14.4 Å². The van der Waals surface area contributed by atoms with E-state index in [2.05, 4.69) is 0 Å². The molecule has 0 saturated carbocycles. The van der Waals surface area contributed by atoms with Crippen molar-refractivity contribution in [3.8, 4) is 0 Å². The van der Waals surface area contributed by atoms with Crippen molar-refractivity contribution < 1.29 is 23.9 Å². The van der Waals surface area contributed by atoms with Gasteiger partial charge in [-0.1, -0.05) is 6.07 Å². The quantitative estimate of drug-likeness (QED) is 0.612. The van der Waals surface area contributed by atoms with E-state index in [4.69, 9.17) is 21.1 Å². The van der Waals surface area contributed by atoms with Gasteiger partial charge in [0.05, 0.1) is 0 Å². The highest BCUT2D eigenvalue weighted by Gasteiger charge is 2.10. The molecule has 0 aliphatic heterocycles. The van der Waals surface area contributed by atoms with E-state index in [1.807, 2.05) is 0 Å². The Morgan fingerprint density at radius 3 is 2.00 bits per heavy atom. The molecule has 0 aliphatic carbocycles. The minimum absolute atomic E-state index is 0.00998. The first-order valence-corrected chi connectivity index (χ1v) is 5.86. The third-order valence-corrected chi connectivity index (χ3v) is 2.51. The Morgan fingerprint density at radius 2 is 1.53 bits per heavy atom. The molecule has 0 amide bonds. The summed E-state index contributed by atoms with van der Waals surface area (Å²) in [5.74, 6) is -0.864. The molecule has 0 aromatic heterocycles. The second kappa shape index (κ2) is 6.89. The molecule has 0 fully saturated rings. The van der Waals surface area contributed by atoms with Crippen LogP contribution >= 0.6 is 11.6 Å². The highest BCUT2D eigenvalue weighted by atomic mass is 35.5. The molecular formula is C13H13ClO5. The summed E-state index contributed by atoms with van der Waals surface area (Å²) in [6, 6.07) is 4.64. The fraction of sp³-hybridized carbons (Fsp3) is 0.308. The maximum atomic E-state index is 11.1. The Labute approximate surface area is 115 Å². The Hall–Kier alpha value is -1.88. The lowest BCUT2D eigenvalue weighted by Crippen LogP contribution is -2.06. The molecular weight excluding hydrogens is 272 g/mol. The Balaban J connectivity index is 2.96. The number of ether oxygens (including phenoxy) is 2. The minimum atomic E-state index is -0.608. The lowest BCUT2D eigenvalue weighted by Gasteiger charge is -2.10. The van der Waals surface area contributed by atoms with Gasteiger partial charge in [0.25, 0.3) is 5.24 Å². The molecule has 5 nitrogen and oxygen atoms in total. The van der Waals surface area contributed by atoms with E-state index < -0.39 is 17.2 Å². The molecule has 0 spiro atoms. The minimum Gasteiger partial charge on any atom is -0.461 e. The van der Waals surface area contributed by atoms with E-state index in [0.29, 0.717) is 11.1 Å². The lowest BCUT2D eigenvalue weighted by atomic mass is 10.1. The van der Waals surface area contributed by atoms with Crippen molar-refractivity contribution >= 4 is 28.8 Å². The predicted octanol–water partition coefficient (Wildman–Crippen LogP) is 2.19. The smallest absolute Gasteiger partial charge is 0.302 e. The summed E-state index contributed by atoms with van der Waals surface area (Å²) in [7, 11) is 0. The van der Waals surface area contributed by atoms with Gasteiger partial charge in [0.15, 0.2) is 0 Å². The van der Waals surface area contributed by atoms with E-state index in [-0.39, 0.29) is 18.8 Å². The molecule has 0 aliphatic rings. The zero-order valence-corrected chi connectivity index (χ0v) is 11.3. The Bertz CT molecular complexity index is 510. The van der Waals surface area contributed by atoms with Crippen LogP contribution in [0.4, 0.5) is 0 Å². The average Bonchev–Trinajstić information content (AvgIpc) is 2.33. The van der Waals surface area contributed by atoms with Crippen molar-refractivity contribution in [2.45, 2.75) is 27.1 Å². The standard InChI is InChI=1S/C13H13ClO5/c1-8(15)18-6-11-4-3-10(13(14)17)5-12(11)7-19-9(2)16/h3-5H,6-7H2,1-2H3. The van der Waals surface area contributed by atoms with Crippen molar-refractivity contribution in [3.05, 3.63) is 34.9 Å². The fourth-order valence-corrected chi connectivity index (χ4v) is 1.50. The first-order chi connectivity index (χ1) is 8.90. The number of carbonyl (C=O) groups is 3. The number of esters is 2. The average molecular weight is 285 g/mol. The lowest BCUT2D eigenvalue weighted by molar-refractivity contribution is -0.143. The van der Waals surface area contributed by atoms with Gasteiger partial charge < -0.3 is 9.47 Å². The van der Waals surface area contributed by atoms with E-state index in [0.717, 1.165) is 0 Å². The summed E-state index contributed by atoms with van der Waals surface area (Å²) in [4.78, 5) is 32.7. The molecule has 1 rings (SSSR count). The van der Waals surface area contributed by atoms with Crippen LogP contribution in [0.15, 0.2) is 18.2 Å². The first-order valence-electron chi connectivity index (χ1n) is 5.48. The molecule has 0 unspecified atom stereocenters. The van der Waals surface area contributed by atoms with Crippen molar-refractivity contribution in [1.29, 1.82) is 0 Å². The molecule has 1 aromatic carbocycles. The van der Waals surface area contributed by atoms with E-state index in [1.54, 1.807) is 6.07 Å². The van der Waals surface area contributed by atoms with Crippen LogP contribution < -0.4 is 0 Å². The van der Waals surface area contributed by atoms with Crippen LogP contribution in [0.2, 0.25) is 0 Å². The van der Waals surface area contributed by atoms with Crippen LogP contribution in [0.1, 0.15) is 35.3 Å². The SMILES string of the molecule is CC(=O)OCc1ccc(C(=O)Cl)cc1COC(C)=O. The maximum absolute atomic E-state index is 11.1. The molecule has 0 heterocycles. The van der Waals surface area contributed by atoms with Gasteiger partial charge in [-0.2, -0.15) is 0 Å². The van der Waals surface area contributed by atoms with Crippen LogP contribution in [0.3, 0.4) is 0 Å². The summed E-state index contributed by atoms with van der Waals surface area (Å²) >= 11 is 5.39. The van der Waals surface area contributed by atoms with Gasteiger partial charge in [-0.25, -0.2) is 0 Å². The van der Waals surface area contributed by atoms with Crippen LogP contribution in [0.5, 0.6) is 0 Å². The zero-order chi connectivity index (χ0) is 14.4. The number of hydrogen-bond donors (Lipinski definition) is 0. The van der Waals surface area contributed by atoms with E-state index >= 15 is 0 Å². The zero-order valence-electron chi connectivity index (χ0n) is 10.6. The normalized spacial score (nSPS) is 9.84. The summed E-state index contributed by atoms with van der Waals surface area (Å²) in [5, 5.41) is -0.608. The van der Waals surface area contributed by atoms with Gasteiger partial charge in [0, 0.05) is 19.4 Å². The molecule has 6 heteroatoms. The van der Waals surface area contributed by atoms with Crippen molar-refractivity contribution in [1.82, 2.24) is 0 Å². The summed E-state index contributed by atoms with van der Waals surface area (Å²) in [6.07, 6.45) is 0. The van der Waals surface area contributed by atoms with Gasteiger partial charge in [0.2, 0.25) is 0 Å². The van der Waals surface area contributed by atoms with Crippen LogP contribution in [0.25, 0.3) is 0 Å². The molecule has 0 N–H and O–H groups in total. The second-order valence-electron chi connectivity index (χ2n) is 3.82. The van der Waals surface area contributed by atoms with Crippen LogP contribution in [0, 0.1) is 0 Å². The van der Waals surface area contributed by atoms with Gasteiger partial charge >= 0.3 is 11.9 Å². The monoisotopic (exact) mass is 284 g/mol. The second-order valence-corrected chi connectivity index (χ2v) is 4.16. The predicted molar refractivity (Wildman–Crippen MR) is 67.6 cm³/mol. The summed E-state index contributed by atoms with van der Waals surface area (Å²) in [6.45, 7) is 2.61. The van der Waals surface area contributed by atoms with E-state index in [1.165, 1.54) is 26.0 Å². The summed E-state index contributed by atoms with van der Waals surface area (Å²) in [5.41, 5.74) is 1.51. The van der Waals surface area contributed by atoms with Crippen molar-refractivity contribution in [2.75, 3.05) is 0 Å². The largest absolute Gasteiger partial charge is 0.461 e. The van der Waals surface area contributed by atoms with Gasteiger partial charge in [0.1, 0.15) is 13.2 Å². The van der Waals surface area contributed by atoms with Gasteiger partial charge in [-0.05, 0) is 34.9 Å². The van der Waals surface area contributed by atoms with Crippen LogP contribution in [-0.4, -0.2) is 17.2 Å². The van der Waals surface area contributed by atoms with E-state index in [9.17, 15) is 14.4 Å². The molecule has 1 aromatic rings. The Morgan fingerprint density at radius 1 is 1.00 bits per heavy atom. The van der Waals surface area contributed by atoms with Crippen molar-refractivity contribution in [3.63, 3.8) is 0 Å². The maximum Gasteiger partial charge on any atom is 0.302 e. The first kappa shape index (κ1) is 15.2. The number of carbonyl (C=O) groups excluding carboxylic acids is 3. The molecule has 0 radical (unpaired) electrons. The summed E-state index contributed by atoms with van der Waals surface area (Å²) < 4.78 is 9.75. The highest BCUT2D eigenvalue weighted by Crippen LogP contribution is 2.16. The molecule has 102 valence electrons. The number of rotatable bonds is 5. The number of hydrogen-bond acceptors (Lipinski definition) is 5. The highest BCUT2D eigenvalue weighted by molar-refractivity contribution is 6.67. The fourth-order valence-electron chi connectivity index (χ4n) is 1.38.